The molecule has 14 heavy (non-hydrogen) atoms. The van der Waals surface area contributed by atoms with E-state index in [1.54, 1.807) is 0 Å². The molecule has 3 rings (SSSR count). The molecule has 1 aromatic heterocycles. The molecule has 0 aromatic carbocycles. The van der Waals surface area contributed by atoms with E-state index in [4.69, 9.17) is 0 Å². The fraction of sp³-hybridized carbons (Fsp3) is 0.800. The van der Waals surface area contributed by atoms with Crippen molar-refractivity contribution in [1.29, 1.82) is 0 Å². The van der Waals surface area contributed by atoms with E-state index in [0.717, 1.165) is 30.7 Å². The first kappa shape index (κ1) is 8.41. The summed E-state index contributed by atoms with van der Waals surface area (Å²) in [7, 11) is 0. The number of aromatic amines is 1. The van der Waals surface area contributed by atoms with Crippen LogP contribution in [-0.4, -0.2) is 28.3 Å². The lowest BCUT2D eigenvalue weighted by molar-refractivity contribution is 0.296. The highest BCUT2D eigenvalue weighted by atomic mass is 15.2. The summed E-state index contributed by atoms with van der Waals surface area (Å²) in [6.45, 7) is 4.47. The summed E-state index contributed by atoms with van der Waals surface area (Å²) in [5.41, 5.74) is 0. The maximum atomic E-state index is 4.58. The second kappa shape index (κ2) is 3.05. The molecule has 4 heteroatoms. The first-order valence-electron chi connectivity index (χ1n) is 5.47. The lowest BCUT2D eigenvalue weighted by atomic mass is 9.88. The van der Waals surface area contributed by atoms with Gasteiger partial charge in [0.1, 0.15) is 5.82 Å². The second-order valence-corrected chi connectivity index (χ2v) is 4.56. The van der Waals surface area contributed by atoms with Crippen LogP contribution >= 0.6 is 0 Å². The maximum Gasteiger partial charge on any atom is 0.153 e. The van der Waals surface area contributed by atoms with Crippen LogP contribution in [0, 0.1) is 5.92 Å². The van der Waals surface area contributed by atoms with Crippen molar-refractivity contribution in [1.82, 2.24) is 20.5 Å². The lowest BCUT2D eigenvalue weighted by Gasteiger charge is -2.30. The number of hydrogen-bond donors (Lipinski definition) is 2. The van der Waals surface area contributed by atoms with Gasteiger partial charge >= 0.3 is 0 Å². The van der Waals surface area contributed by atoms with Crippen molar-refractivity contribution in [2.45, 2.75) is 31.6 Å². The molecular formula is C10H16N4. The Labute approximate surface area is 83.5 Å². The summed E-state index contributed by atoms with van der Waals surface area (Å²) < 4.78 is 0. The van der Waals surface area contributed by atoms with Crippen molar-refractivity contribution < 1.29 is 0 Å². The molecule has 2 heterocycles. The standard InChI is InChI=1S/C10H16N4/c1-6(8-4-11-5-8)9-12-10(14-13-9)7-2-3-7/h6-8,11H,2-5H2,1H3,(H,12,13,14). The van der Waals surface area contributed by atoms with Crippen molar-refractivity contribution in [3.8, 4) is 0 Å². The van der Waals surface area contributed by atoms with Crippen molar-refractivity contribution >= 4 is 0 Å². The van der Waals surface area contributed by atoms with Gasteiger partial charge in [-0.15, -0.1) is 0 Å². The highest BCUT2D eigenvalue weighted by Gasteiger charge is 2.31. The molecule has 1 saturated heterocycles. The van der Waals surface area contributed by atoms with Gasteiger partial charge in [-0.1, -0.05) is 6.92 Å². The highest BCUT2D eigenvalue weighted by molar-refractivity contribution is 5.08. The van der Waals surface area contributed by atoms with Crippen LogP contribution in [0.15, 0.2) is 0 Å². The second-order valence-electron chi connectivity index (χ2n) is 4.56. The van der Waals surface area contributed by atoms with Crippen LogP contribution in [0.25, 0.3) is 0 Å². The van der Waals surface area contributed by atoms with Crippen molar-refractivity contribution in [3.05, 3.63) is 11.6 Å². The fourth-order valence-corrected chi connectivity index (χ4v) is 1.91. The molecule has 1 aromatic rings. The largest absolute Gasteiger partial charge is 0.316 e. The third-order valence-electron chi connectivity index (χ3n) is 3.41. The van der Waals surface area contributed by atoms with Gasteiger partial charge in [-0.25, -0.2) is 4.98 Å². The number of nitrogens with one attached hydrogen (secondary N) is 2. The molecule has 76 valence electrons. The quantitative estimate of drug-likeness (QED) is 0.751. The Bertz CT molecular complexity index is 325. The summed E-state index contributed by atoms with van der Waals surface area (Å²) >= 11 is 0. The van der Waals surface area contributed by atoms with Gasteiger partial charge in [-0.3, -0.25) is 5.10 Å². The predicted octanol–water partition coefficient (Wildman–Crippen LogP) is 1.00. The van der Waals surface area contributed by atoms with Crippen molar-refractivity contribution in [3.63, 3.8) is 0 Å². The summed E-state index contributed by atoms with van der Waals surface area (Å²) in [5.74, 6) is 4.04. The molecule has 0 bridgehead atoms. The molecule has 1 aliphatic heterocycles. The minimum Gasteiger partial charge on any atom is -0.316 e. The van der Waals surface area contributed by atoms with Gasteiger partial charge in [-0.2, -0.15) is 5.10 Å². The van der Waals surface area contributed by atoms with Crippen molar-refractivity contribution in [2.75, 3.05) is 13.1 Å². The molecule has 1 saturated carbocycles. The Morgan fingerprint density at radius 1 is 1.36 bits per heavy atom. The van der Waals surface area contributed by atoms with Gasteiger partial charge in [0.05, 0.1) is 0 Å². The fourth-order valence-electron chi connectivity index (χ4n) is 1.91. The number of nitrogens with zero attached hydrogens (tertiary/aromatic N) is 2. The van der Waals surface area contributed by atoms with Crippen molar-refractivity contribution in [2.24, 2.45) is 5.92 Å². The van der Waals surface area contributed by atoms with E-state index in [1.807, 2.05) is 0 Å². The third-order valence-corrected chi connectivity index (χ3v) is 3.41. The number of rotatable bonds is 3. The number of aromatic nitrogens is 3. The first-order valence-corrected chi connectivity index (χ1v) is 5.47. The molecule has 1 atom stereocenters. The summed E-state index contributed by atoms with van der Waals surface area (Å²) in [5, 5.41) is 10.7. The summed E-state index contributed by atoms with van der Waals surface area (Å²) in [6.07, 6.45) is 2.57. The Morgan fingerprint density at radius 2 is 2.14 bits per heavy atom. The smallest absolute Gasteiger partial charge is 0.153 e. The zero-order valence-electron chi connectivity index (χ0n) is 8.45. The molecule has 0 amide bonds. The van der Waals surface area contributed by atoms with Crippen LogP contribution in [0.1, 0.15) is 43.3 Å². The van der Waals surface area contributed by atoms with Gasteiger partial charge in [0.2, 0.25) is 0 Å². The first-order chi connectivity index (χ1) is 6.84. The molecule has 1 unspecified atom stereocenters. The topological polar surface area (TPSA) is 53.6 Å². The lowest BCUT2D eigenvalue weighted by Crippen LogP contribution is -2.44. The minimum atomic E-state index is 0.500. The number of hydrogen-bond acceptors (Lipinski definition) is 3. The molecular weight excluding hydrogens is 176 g/mol. The van der Waals surface area contributed by atoms with Crippen LogP contribution in [-0.2, 0) is 0 Å². The average molecular weight is 192 g/mol. The van der Waals surface area contributed by atoms with E-state index in [1.165, 1.54) is 12.8 Å². The molecule has 0 radical (unpaired) electrons. The van der Waals surface area contributed by atoms with E-state index in [9.17, 15) is 0 Å². The van der Waals surface area contributed by atoms with Crippen LogP contribution in [0.2, 0.25) is 0 Å². The van der Waals surface area contributed by atoms with E-state index >= 15 is 0 Å². The Hall–Kier alpha value is -0.900. The minimum absolute atomic E-state index is 0.500. The van der Waals surface area contributed by atoms with Crippen LogP contribution in [0.4, 0.5) is 0 Å². The molecule has 2 fully saturated rings. The SMILES string of the molecule is CC(c1n[nH]c(C2CC2)n1)C1CNC1. The predicted molar refractivity (Wildman–Crippen MR) is 53.1 cm³/mol. The molecule has 0 spiro atoms. The van der Waals surface area contributed by atoms with Crippen LogP contribution in [0.5, 0.6) is 0 Å². The molecule has 1 aliphatic carbocycles. The number of H-pyrrole nitrogens is 1. The van der Waals surface area contributed by atoms with Crippen LogP contribution < -0.4 is 5.32 Å². The molecule has 2 aliphatic rings. The third kappa shape index (κ3) is 1.34. The van der Waals surface area contributed by atoms with E-state index in [0.29, 0.717) is 11.8 Å². The highest BCUT2D eigenvalue weighted by Crippen LogP contribution is 2.38. The maximum absolute atomic E-state index is 4.58. The summed E-state index contributed by atoms with van der Waals surface area (Å²) in [4.78, 5) is 4.58. The van der Waals surface area contributed by atoms with Gasteiger partial charge in [0.25, 0.3) is 0 Å². The normalized spacial score (nSPS) is 24.6. The van der Waals surface area contributed by atoms with E-state index in [2.05, 4.69) is 27.4 Å². The zero-order chi connectivity index (χ0) is 9.54. The Morgan fingerprint density at radius 3 is 2.71 bits per heavy atom. The average Bonchev–Trinajstić information content (AvgIpc) is 2.81. The van der Waals surface area contributed by atoms with Crippen LogP contribution in [0.3, 0.4) is 0 Å². The van der Waals surface area contributed by atoms with Gasteiger partial charge in [-0.05, 0) is 31.8 Å². The Kier molecular flexibility index (Phi) is 1.83. The van der Waals surface area contributed by atoms with E-state index in [-0.39, 0.29) is 0 Å². The monoisotopic (exact) mass is 192 g/mol. The van der Waals surface area contributed by atoms with Gasteiger partial charge in [0, 0.05) is 11.8 Å². The molecule has 2 N–H and O–H groups in total. The Balaban J connectivity index is 1.74. The van der Waals surface area contributed by atoms with Gasteiger partial charge < -0.3 is 5.32 Å². The van der Waals surface area contributed by atoms with Gasteiger partial charge in [0.15, 0.2) is 5.82 Å². The zero-order valence-corrected chi connectivity index (χ0v) is 8.45. The molecule has 4 nitrogen and oxygen atoms in total. The summed E-state index contributed by atoms with van der Waals surface area (Å²) in [6, 6.07) is 0. The van der Waals surface area contributed by atoms with E-state index < -0.39 is 0 Å².